The Bertz CT molecular complexity index is 740. The number of hydrogen-bond donors (Lipinski definition) is 1. The van der Waals surface area contributed by atoms with Crippen LogP contribution in [-0.4, -0.2) is 4.98 Å². The molecule has 0 fully saturated rings. The summed E-state index contributed by atoms with van der Waals surface area (Å²) in [4.78, 5) is 5.62. The minimum absolute atomic E-state index is 0.769. The predicted octanol–water partition coefficient (Wildman–Crippen LogP) is 5.89. The van der Waals surface area contributed by atoms with Crippen molar-refractivity contribution in [3.63, 3.8) is 0 Å². The summed E-state index contributed by atoms with van der Waals surface area (Å²) < 4.78 is 1.06. The van der Waals surface area contributed by atoms with Crippen molar-refractivity contribution in [2.45, 2.75) is 6.42 Å². The van der Waals surface area contributed by atoms with Gasteiger partial charge in [0.25, 0.3) is 0 Å². The average Bonchev–Trinajstić information content (AvgIpc) is 2.89. The van der Waals surface area contributed by atoms with Gasteiger partial charge in [0, 0.05) is 32.7 Å². The molecule has 0 aliphatic rings. The molecule has 0 aliphatic carbocycles. The van der Waals surface area contributed by atoms with Crippen molar-refractivity contribution in [1.82, 2.24) is 4.98 Å². The van der Waals surface area contributed by atoms with Crippen molar-refractivity contribution in [3.05, 3.63) is 74.7 Å². The van der Waals surface area contributed by atoms with Crippen LogP contribution >= 0.6 is 38.9 Å². The first-order valence-corrected chi connectivity index (χ1v) is 8.39. The van der Waals surface area contributed by atoms with Crippen molar-refractivity contribution >= 4 is 49.7 Å². The van der Waals surface area contributed by atoms with Crippen LogP contribution in [0.2, 0.25) is 5.02 Å². The van der Waals surface area contributed by atoms with Gasteiger partial charge in [-0.1, -0.05) is 39.7 Å². The minimum atomic E-state index is 0.769. The summed E-state index contributed by atoms with van der Waals surface area (Å²) >= 11 is 11.1. The van der Waals surface area contributed by atoms with Gasteiger partial charge in [0.15, 0.2) is 5.13 Å². The van der Waals surface area contributed by atoms with E-state index in [0.717, 1.165) is 26.7 Å². The third-order valence-electron chi connectivity index (χ3n) is 2.92. The van der Waals surface area contributed by atoms with Crippen molar-refractivity contribution in [2.75, 3.05) is 5.32 Å². The number of rotatable bonds is 4. The zero-order valence-electron chi connectivity index (χ0n) is 11.0. The molecule has 0 radical (unpaired) electrons. The zero-order valence-corrected chi connectivity index (χ0v) is 14.2. The van der Waals surface area contributed by atoms with Gasteiger partial charge in [-0.05, 0) is 42.0 Å². The SMILES string of the molecule is Clc1cccc(Cc2cnc(Nc3ccc(Br)cc3)s2)c1. The van der Waals surface area contributed by atoms with E-state index in [0.29, 0.717) is 0 Å². The highest BCUT2D eigenvalue weighted by atomic mass is 79.9. The van der Waals surface area contributed by atoms with Crippen LogP contribution in [0.1, 0.15) is 10.4 Å². The number of anilines is 2. The van der Waals surface area contributed by atoms with Gasteiger partial charge in [-0.2, -0.15) is 0 Å². The number of hydrogen-bond acceptors (Lipinski definition) is 3. The highest BCUT2D eigenvalue weighted by Crippen LogP contribution is 2.25. The largest absolute Gasteiger partial charge is 0.332 e. The second-order valence-corrected chi connectivity index (χ2v) is 7.04. The molecule has 0 saturated heterocycles. The Morgan fingerprint density at radius 3 is 2.71 bits per heavy atom. The summed E-state index contributed by atoms with van der Waals surface area (Å²) in [6.45, 7) is 0. The summed E-state index contributed by atoms with van der Waals surface area (Å²) in [7, 11) is 0. The quantitative estimate of drug-likeness (QED) is 0.611. The molecular formula is C16H12BrClN2S. The molecule has 1 aromatic heterocycles. The molecule has 5 heteroatoms. The van der Waals surface area contributed by atoms with Crippen LogP contribution < -0.4 is 5.32 Å². The fourth-order valence-electron chi connectivity index (χ4n) is 1.95. The number of nitrogens with one attached hydrogen (secondary N) is 1. The molecule has 3 aromatic rings. The lowest BCUT2D eigenvalue weighted by Gasteiger charge is -2.02. The van der Waals surface area contributed by atoms with Crippen LogP contribution in [0, 0.1) is 0 Å². The van der Waals surface area contributed by atoms with Gasteiger partial charge in [0.05, 0.1) is 0 Å². The fraction of sp³-hybridized carbons (Fsp3) is 0.0625. The zero-order chi connectivity index (χ0) is 14.7. The van der Waals surface area contributed by atoms with Crippen LogP contribution in [0.5, 0.6) is 0 Å². The number of thiazole rings is 1. The summed E-state index contributed by atoms with van der Waals surface area (Å²) in [5, 5.41) is 4.98. The highest BCUT2D eigenvalue weighted by Gasteiger charge is 2.04. The molecule has 2 nitrogen and oxygen atoms in total. The van der Waals surface area contributed by atoms with Crippen LogP contribution in [0.25, 0.3) is 0 Å². The van der Waals surface area contributed by atoms with Gasteiger partial charge in [-0.3, -0.25) is 0 Å². The van der Waals surface area contributed by atoms with E-state index in [2.05, 4.69) is 32.3 Å². The first-order chi connectivity index (χ1) is 10.2. The first-order valence-electron chi connectivity index (χ1n) is 6.41. The molecule has 1 heterocycles. The van der Waals surface area contributed by atoms with E-state index in [1.54, 1.807) is 11.3 Å². The maximum atomic E-state index is 6.01. The van der Waals surface area contributed by atoms with Gasteiger partial charge in [0.1, 0.15) is 0 Å². The molecule has 106 valence electrons. The van der Waals surface area contributed by atoms with Crippen LogP contribution in [0.4, 0.5) is 10.8 Å². The van der Waals surface area contributed by atoms with Gasteiger partial charge < -0.3 is 5.32 Å². The summed E-state index contributed by atoms with van der Waals surface area (Å²) in [6, 6.07) is 16.0. The van der Waals surface area contributed by atoms with E-state index in [4.69, 9.17) is 11.6 Å². The average molecular weight is 380 g/mol. The van der Waals surface area contributed by atoms with Crippen molar-refractivity contribution < 1.29 is 0 Å². The molecule has 0 saturated carbocycles. The lowest BCUT2D eigenvalue weighted by Crippen LogP contribution is -1.87. The minimum Gasteiger partial charge on any atom is -0.332 e. The first kappa shape index (κ1) is 14.6. The molecule has 3 rings (SSSR count). The Labute approximate surface area is 140 Å². The molecule has 1 N–H and O–H groups in total. The molecule has 0 unspecified atom stereocenters. The monoisotopic (exact) mass is 378 g/mol. The molecule has 2 aromatic carbocycles. The predicted molar refractivity (Wildman–Crippen MR) is 93.8 cm³/mol. The topological polar surface area (TPSA) is 24.9 Å². The van der Waals surface area contributed by atoms with Gasteiger partial charge in [-0.25, -0.2) is 4.98 Å². The van der Waals surface area contributed by atoms with E-state index >= 15 is 0 Å². The maximum Gasteiger partial charge on any atom is 0.187 e. The molecule has 0 spiro atoms. The third kappa shape index (κ3) is 4.06. The van der Waals surface area contributed by atoms with Crippen molar-refractivity contribution in [2.24, 2.45) is 0 Å². The Morgan fingerprint density at radius 2 is 1.95 bits per heavy atom. The van der Waals surface area contributed by atoms with E-state index < -0.39 is 0 Å². The van der Waals surface area contributed by atoms with Crippen LogP contribution in [0.3, 0.4) is 0 Å². The standard InChI is InChI=1S/C16H12BrClN2S/c17-12-4-6-14(7-5-12)20-16-19-10-15(21-16)9-11-2-1-3-13(18)8-11/h1-8,10H,9H2,(H,19,20). The Balaban J connectivity index is 1.70. The van der Waals surface area contributed by atoms with Crippen molar-refractivity contribution in [3.8, 4) is 0 Å². The van der Waals surface area contributed by atoms with Gasteiger partial charge in [-0.15, -0.1) is 11.3 Å². The normalized spacial score (nSPS) is 10.6. The Kier molecular flexibility index (Phi) is 4.58. The molecule has 0 bridgehead atoms. The van der Waals surface area contributed by atoms with Gasteiger partial charge in [0.2, 0.25) is 0 Å². The molecule has 0 atom stereocenters. The molecular weight excluding hydrogens is 368 g/mol. The summed E-state index contributed by atoms with van der Waals surface area (Å²) in [6.07, 6.45) is 2.76. The fourth-order valence-corrected chi connectivity index (χ4v) is 3.30. The molecule has 0 aliphatic heterocycles. The Hall–Kier alpha value is -1.36. The van der Waals surface area contributed by atoms with Crippen LogP contribution in [-0.2, 0) is 6.42 Å². The summed E-state index contributed by atoms with van der Waals surface area (Å²) in [5.74, 6) is 0. The molecule has 21 heavy (non-hydrogen) atoms. The molecule has 0 amide bonds. The van der Waals surface area contributed by atoms with Crippen molar-refractivity contribution in [1.29, 1.82) is 0 Å². The smallest absolute Gasteiger partial charge is 0.187 e. The number of nitrogens with zero attached hydrogens (tertiary/aromatic N) is 1. The Morgan fingerprint density at radius 1 is 1.14 bits per heavy atom. The van der Waals surface area contributed by atoms with E-state index in [1.807, 2.05) is 48.7 Å². The lowest BCUT2D eigenvalue weighted by atomic mass is 10.1. The highest BCUT2D eigenvalue weighted by molar-refractivity contribution is 9.10. The maximum absolute atomic E-state index is 6.01. The van der Waals surface area contributed by atoms with E-state index in [-0.39, 0.29) is 0 Å². The van der Waals surface area contributed by atoms with Crippen LogP contribution in [0.15, 0.2) is 59.2 Å². The number of benzene rings is 2. The lowest BCUT2D eigenvalue weighted by molar-refractivity contribution is 1.22. The van der Waals surface area contributed by atoms with E-state index in [9.17, 15) is 0 Å². The number of aromatic nitrogens is 1. The number of halogens is 2. The van der Waals surface area contributed by atoms with E-state index in [1.165, 1.54) is 10.4 Å². The summed E-state index contributed by atoms with van der Waals surface area (Å²) in [5.41, 5.74) is 2.23. The second-order valence-electron chi connectivity index (χ2n) is 4.57. The second kappa shape index (κ2) is 6.60. The van der Waals surface area contributed by atoms with Gasteiger partial charge >= 0.3 is 0 Å². The third-order valence-corrected chi connectivity index (χ3v) is 4.59.